The zero-order valence-electron chi connectivity index (χ0n) is 5.27. The van der Waals surface area contributed by atoms with Gasteiger partial charge in [-0.3, -0.25) is 5.73 Å². The first kappa shape index (κ1) is 7.30. The number of hydrogen-bond acceptors (Lipinski definition) is 3. The third kappa shape index (κ3) is 5.30. The maximum Gasteiger partial charge on any atom is 0.179 e. The summed E-state index contributed by atoms with van der Waals surface area (Å²) in [5.41, 5.74) is 9.75. The van der Waals surface area contributed by atoms with Gasteiger partial charge in [0.1, 0.15) is 0 Å². The Morgan fingerprint density at radius 2 is 2.00 bits per heavy atom. The topological polar surface area (TPSA) is 61.3 Å². The van der Waals surface area contributed by atoms with Crippen LogP contribution in [-0.2, 0) is 4.74 Å². The number of nitrogens with two attached hydrogens (primary N) is 2. The molecule has 0 spiro atoms. The molecule has 0 aromatic rings. The van der Waals surface area contributed by atoms with E-state index in [4.69, 9.17) is 16.2 Å². The fourth-order valence-electron chi connectivity index (χ4n) is 0.338. The highest BCUT2D eigenvalue weighted by Gasteiger charge is 2.09. The lowest BCUT2D eigenvalue weighted by molar-refractivity contribution is 0.0403. The molecule has 0 bridgehead atoms. The highest BCUT2D eigenvalue weighted by atomic mass is 16.5. The summed E-state index contributed by atoms with van der Waals surface area (Å²) in [6.07, 6.45) is 0. The van der Waals surface area contributed by atoms with Gasteiger partial charge in [-0.25, -0.2) is 0 Å². The van der Waals surface area contributed by atoms with Crippen LogP contribution in [0.2, 0.25) is 0 Å². The molecule has 0 aromatic heterocycles. The molecule has 0 aliphatic carbocycles. The average Bonchev–Trinajstić information content (AvgIpc) is 1.21. The van der Waals surface area contributed by atoms with Gasteiger partial charge in [0, 0.05) is 0 Å². The molecule has 8 heavy (non-hydrogen) atoms. The molecule has 0 atom stereocenters. The summed E-state index contributed by atoms with van der Waals surface area (Å²) in [6.45, 7) is 6.71. The van der Waals surface area contributed by atoms with E-state index < -0.39 is 5.72 Å². The highest BCUT2D eigenvalue weighted by Crippen LogP contribution is 2.00. The monoisotopic (exact) mass is 116 g/mol. The van der Waals surface area contributed by atoms with E-state index in [0.717, 1.165) is 0 Å². The minimum atomic E-state index is -0.703. The quantitative estimate of drug-likeness (QED) is 0.398. The van der Waals surface area contributed by atoms with E-state index in [2.05, 4.69) is 6.58 Å². The van der Waals surface area contributed by atoms with Crippen molar-refractivity contribution in [3.8, 4) is 0 Å². The molecule has 0 aliphatic rings. The lowest BCUT2D eigenvalue weighted by atomic mass is 10.3. The summed E-state index contributed by atoms with van der Waals surface area (Å²) < 4.78 is 4.80. The number of ether oxygens (including phenoxy) is 1. The van der Waals surface area contributed by atoms with Gasteiger partial charge in [0.25, 0.3) is 0 Å². The van der Waals surface area contributed by atoms with Crippen molar-refractivity contribution in [1.29, 1.82) is 0 Å². The summed E-state index contributed by atoms with van der Waals surface area (Å²) in [5, 5.41) is 0. The second-order valence-electron chi connectivity index (χ2n) is 2.17. The first-order chi connectivity index (χ1) is 3.42. The predicted molar refractivity (Wildman–Crippen MR) is 32.7 cm³/mol. The van der Waals surface area contributed by atoms with Crippen LogP contribution in [0, 0.1) is 0 Å². The van der Waals surface area contributed by atoms with Crippen LogP contribution >= 0.6 is 0 Å². The first-order valence-corrected chi connectivity index (χ1v) is 2.34. The standard InChI is InChI=1S/C5H12N2O/c1-4(6)8-5(2,3)7/h1,6-7H2,2-3H3. The minimum absolute atomic E-state index is 0.150. The molecule has 48 valence electrons. The van der Waals surface area contributed by atoms with Crippen molar-refractivity contribution in [2.45, 2.75) is 19.6 Å². The van der Waals surface area contributed by atoms with Crippen molar-refractivity contribution in [1.82, 2.24) is 0 Å². The van der Waals surface area contributed by atoms with E-state index >= 15 is 0 Å². The van der Waals surface area contributed by atoms with Crippen LogP contribution in [-0.4, -0.2) is 5.72 Å². The van der Waals surface area contributed by atoms with Gasteiger partial charge >= 0.3 is 0 Å². The highest BCUT2D eigenvalue weighted by molar-refractivity contribution is 4.76. The minimum Gasteiger partial charge on any atom is -0.460 e. The van der Waals surface area contributed by atoms with Gasteiger partial charge in [-0.2, -0.15) is 0 Å². The van der Waals surface area contributed by atoms with E-state index in [-0.39, 0.29) is 5.88 Å². The van der Waals surface area contributed by atoms with Gasteiger partial charge in [0.2, 0.25) is 0 Å². The molecule has 0 saturated carbocycles. The Bertz CT molecular complexity index is 93.1. The van der Waals surface area contributed by atoms with E-state index in [0.29, 0.717) is 0 Å². The van der Waals surface area contributed by atoms with Crippen molar-refractivity contribution >= 4 is 0 Å². The Hall–Kier alpha value is -0.700. The van der Waals surface area contributed by atoms with Crippen LogP contribution in [0.25, 0.3) is 0 Å². The molecule has 0 aliphatic heterocycles. The first-order valence-electron chi connectivity index (χ1n) is 2.34. The molecule has 0 fully saturated rings. The molecule has 0 aromatic carbocycles. The van der Waals surface area contributed by atoms with Gasteiger partial charge in [-0.15, -0.1) is 0 Å². The predicted octanol–water partition coefficient (Wildman–Crippen LogP) is 0.128. The van der Waals surface area contributed by atoms with Crippen molar-refractivity contribution in [3.05, 3.63) is 12.5 Å². The van der Waals surface area contributed by atoms with E-state index in [1.165, 1.54) is 0 Å². The smallest absolute Gasteiger partial charge is 0.179 e. The summed E-state index contributed by atoms with van der Waals surface area (Å²) in [7, 11) is 0. The molecule has 3 nitrogen and oxygen atoms in total. The normalized spacial score (nSPS) is 10.9. The molecule has 0 saturated heterocycles. The van der Waals surface area contributed by atoms with Crippen molar-refractivity contribution < 1.29 is 4.74 Å². The van der Waals surface area contributed by atoms with E-state index in [9.17, 15) is 0 Å². The molecule has 4 N–H and O–H groups in total. The van der Waals surface area contributed by atoms with Gasteiger partial charge in [-0.05, 0) is 20.4 Å². The maximum atomic E-state index is 5.37. The van der Waals surface area contributed by atoms with Crippen LogP contribution in [0.5, 0.6) is 0 Å². The Kier molecular flexibility index (Phi) is 1.87. The van der Waals surface area contributed by atoms with Crippen LogP contribution in [0.4, 0.5) is 0 Å². The Balaban J connectivity index is 3.55. The molecular formula is C5H12N2O. The summed E-state index contributed by atoms with van der Waals surface area (Å²) in [5.74, 6) is 0.150. The fraction of sp³-hybridized carbons (Fsp3) is 0.600. The van der Waals surface area contributed by atoms with Gasteiger partial charge in [0.15, 0.2) is 11.6 Å². The summed E-state index contributed by atoms with van der Waals surface area (Å²) >= 11 is 0. The zero-order valence-corrected chi connectivity index (χ0v) is 5.27. The largest absolute Gasteiger partial charge is 0.460 e. The van der Waals surface area contributed by atoms with Crippen molar-refractivity contribution in [2.75, 3.05) is 0 Å². The molecule has 0 unspecified atom stereocenters. The number of rotatable bonds is 2. The third-order valence-corrected chi connectivity index (χ3v) is 0.394. The second-order valence-corrected chi connectivity index (χ2v) is 2.17. The molecule has 0 heterocycles. The van der Waals surface area contributed by atoms with Gasteiger partial charge in [-0.1, -0.05) is 0 Å². The maximum absolute atomic E-state index is 5.37. The van der Waals surface area contributed by atoms with Crippen LogP contribution in [0.1, 0.15) is 13.8 Å². The number of hydrogen-bond donors (Lipinski definition) is 2. The van der Waals surface area contributed by atoms with Crippen LogP contribution < -0.4 is 11.5 Å². The van der Waals surface area contributed by atoms with Crippen molar-refractivity contribution in [2.24, 2.45) is 11.5 Å². The Morgan fingerprint density at radius 1 is 1.62 bits per heavy atom. The van der Waals surface area contributed by atoms with E-state index in [1.807, 2.05) is 0 Å². The van der Waals surface area contributed by atoms with Crippen molar-refractivity contribution in [3.63, 3.8) is 0 Å². The Labute approximate surface area is 49.3 Å². The molecule has 0 rings (SSSR count). The lowest BCUT2D eigenvalue weighted by Crippen LogP contribution is -2.36. The Morgan fingerprint density at radius 3 is 2.00 bits per heavy atom. The zero-order chi connectivity index (χ0) is 6.78. The van der Waals surface area contributed by atoms with E-state index in [1.54, 1.807) is 13.8 Å². The van der Waals surface area contributed by atoms with Crippen LogP contribution in [0.15, 0.2) is 12.5 Å². The molecular weight excluding hydrogens is 104 g/mol. The molecule has 0 radical (unpaired) electrons. The summed E-state index contributed by atoms with van der Waals surface area (Å²) in [6, 6.07) is 0. The summed E-state index contributed by atoms with van der Waals surface area (Å²) in [4.78, 5) is 0. The molecule has 0 amide bonds. The molecule has 3 heteroatoms. The lowest BCUT2D eigenvalue weighted by Gasteiger charge is -2.19. The second kappa shape index (κ2) is 2.05. The van der Waals surface area contributed by atoms with Gasteiger partial charge < -0.3 is 10.5 Å². The third-order valence-electron chi connectivity index (χ3n) is 0.394. The SMILES string of the molecule is C=C(N)OC(C)(C)N. The van der Waals surface area contributed by atoms with Gasteiger partial charge in [0.05, 0.1) is 0 Å². The van der Waals surface area contributed by atoms with Crippen LogP contribution in [0.3, 0.4) is 0 Å². The fourth-order valence-corrected chi connectivity index (χ4v) is 0.338. The average molecular weight is 116 g/mol.